The summed E-state index contributed by atoms with van der Waals surface area (Å²) in [6.07, 6.45) is 1.38. The van der Waals surface area contributed by atoms with Crippen molar-refractivity contribution < 1.29 is 9.53 Å². The Morgan fingerprint density at radius 2 is 2.33 bits per heavy atom. The summed E-state index contributed by atoms with van der Waals surface area (Å²) < 4.78 is 4.47. The lowest BCUT2D eigenvalue weighted by molar-refractivity contribution is -0.139. The number of fused-ring (bicyclic) bond motifs is 1. The molecular formula is C13H10N2O3. The molecule has 1 aromatic carbocycles. The van der Waals surface area contributed by atoms with Crippen molar-refractivity contribution in [2.45, 2.75) is 6.42 Å². The fourth-order valence-corrected chi connectivity index (χ4v) is 1.44. The van der Waals surface area contributed by atoms with Crippen molar-refractivity contribution in [1.82, 2.24) is 9.97 Å². The van der Waals surface area contributed by atoms with Gasteiger partial charge in [0.05, 0.1) is 24.3 Å². The molecule has 0 saturated heterocycles. The number of rotatable bonds is 1. The molecule has 5 heteroatoms. The molecule has 18 heavy (non-hydrogen) atoms. The Hall–Kier alpha value is -2.61. The fourth-order valence-electron chi connectivity index (χ4n) is 1.44. The summed E-state index contributed by atoms with van der Waals surface area (Å²) >= 11 is 0. The number of methoxy groups -OCH3 is 1. The van der Waals surface area contributed by atoms with Gasteiger partial charge in [-0.2, -0.15) is 0 Å². The number of nitrogens with one attached hydrogen (secondary N) is 1. The quantitative estimate of drug-likeness (QED) is 0.594. The van der Waals surface area contributed by atoms with Crippen LogP contribution in [0, 0.1) is 11.8 Å². The summed E-state index contributed by atoms with van der Waals surface area (Å²) in [4.78, 5) is 28.9. The largest absolute Gasteiger partial charge is 0.468 e. The summed E-state index contributed by atoms with van der Waals surface area (Å²) in [5.41, 5.74) is 1.09. The number of esters is 1. The van der Waals surface area contributed by atoms with Gasteiger partial charge in [-0.1, -0.05) is 11.8 Å². The highest BCUT2D eigenvalue weighted by molar-refractivity contribution is 5.79. The molecule has 0 aliphatic heterocycles. The van der Waals surface area contributed by atoms with Gasteiger partial charge in [0.1, 0.15) is 6.42 Å². The first-order chi connectivity index (χ1) is 8.70. The van der Waals surface area contributed by atoms with Crippen molar-refractivity contribution in [3.8, 4) is 11.8 Å². The predicted octanol–water partition coefficient (Wildman–Crippen LogP) is 0.838. The fraction of sp³-hybridized carbons (Fsp3) is 0.154. The van der Waals surface area contributed by atoms with Crippen LogP contribution >= 0.6 is 0 Å². The second-order valence-electron chi connectivity index (χ2n) is 3.52. The zero-order valence-electron chi connectivity index (χ0n) is 9.69. The number of hydrogen-bond donors (Lipinski definition) is 1. The molecule has 1 heterocycles. The lowest BCUT2D eigenvalue weighted by Gasteiger charge is -1.95. The van der Waals surface area contributed by atoms with Crippen LogP contribution in [0.5, 0.6) is 0 Å². The zero-order valence-corrected chi connectivity index (χ0v) is 9.69. The van der Waals surface area contributed by atoms with E-state index in [9.17, 15) is 9.59 Å². The third-order valence-corrected chi connectivity index (χ3v) is 2.33. The Balaban J connectivity index is 2.31. The van der Waals surface area contributed by atoms with Gasteiger partial charge in [-0.05, 0) is 18.2 Å². The molecule has 0 aliphatic carbocycles. The Morgan fingerprint density at radius 1 is 1.50 bits per heavy atom. The Labute approximate surface area is 103 Å². The molecule has 2 rings (SSSR count). The smallest absolute Gasteiger partial charge is 0.317 e. The third kappa shape index (κ3) is 2.55. The van der Waals surface area contributed by atoms with Gasteiger partial charge in [0.25, 0.3) is 5.56 Å². The number of carbonyl (C=O) groups excluding carboxylic acids is 1. The molecule has 0 fully saturated rings. The number of carbonyl (C=O) groups is 1. The van der Waals surface area contributed by atoms with Gasteiger partial charge in [-0.15, -0.1) is 0 Å². The number of aromatic amines is 1. The van der Waals surface area contributed by atoms with Crippen LogP contribution in [-0.4, -0.2) is 23.0 Å². The Bertz CT molecular complexity index is 707. The maximum absolute atomic E-state index is 11.4. The monoisotopic (exact) mass is 242 g/mol. The van der Waals surface area contributed by atoms with Gasteiger partial charge in [0.15, 0.2) is 0 Å². The Morgan fingerprint density at radius 3 is 3.11 bits per heavy atom. The standard InChI is InChI=1S/C13H10N2O3/c1-18-12(16)4-2-3-9-5-6-10-11(7-9)14-8-15-13(10)17/h5-8H,4H2,1H3,(H,14,15,17). The van der Waals surface area contributed by atoms with Gasteiger partial charge < -0.3 is 9.72 Å². The second kappa shape index (κ2) is 5.15. The molecule has 0 amide bonds. The maximum Gasteiger partial charge on any atom is 0.317 e. The molecule has 0 radical (unpaired) electrons. The lowest BCUT2D eigenvalue weighted by Crippen LogP contribution is -2.05. The van der Waals surface area contributed by atoms with Gasteiger partial charge in [0, 0.05) is 5.56 Å². The van der Waals surface area contributed by atoms with Crippen LogP contribution in [0.1, 0.15) is 12.0 Å². The number of ether oxygens (including phenoxy) is 1. The van der Waals surface area contributed by atoms with Crippen LogP contribution in [-0.2, 0) is 9.53 Å². The first kappa shape index (κ1) is 11.9. The molecule has 2 aromatic rings. The van der Waals surface area contributed by atoms with Crippen molar-refractivity contribution in [2.24, 2.45) is 0 Å². The molecule has 90 valence electrons. The summed E-state index contributed by atoms with van der Waals surface area (Å²) in [5, 5.41) is 0.510. The van der Waals surface area contributed by atoms with E-state index in [2.05, 4.69) is 26.5 Å². The minimum Gasteiger partial charge on any atom is -0.468 e. The van der Waals surface area contributed by atoms with Gasteiger partial charge in [-0.3, -0.25) is 9.59 Å². The van der Waals surface area contributed by atoms with Crippen LogP contribution in [0.25, 0.3) is 10.9 Å². The van der Waals surface area contributed by atoms with E-state index in [0.29, 0.717) is 16.5 Å². The van der Waals surface area contributed by atoms with Gasteiger partial charge in [0.2, 0.25) is 0 Å². The topological polar surface area (TPSA) is 72.1 Å². The van der Waals surface area contributed by atoms with E-state index < -0.39 is 0 Å². The van der Waals surface area contributed by atoms with Crippen molar-refractivity contribution in [3.63, 3.8) is 0 Å². The molecule has 0 aliphatic rings. The van der Waals surface area contributed by atoms with E-state index in [4.69, 9.17) is 0 Å². The molecular weight excluding hydrogens is 232 g/mol. The first-order valence-electron chi connectivity index (χ1n) is 5.24. The van der Waals surface area contributed by atoms with Crippen LogP contribution in [0.2, 0.25) is 0 Å². The summed E-state index contributed by atoms with van der Waals surface area (Å²) in [5.74, 6) is 5.13. The van der Waals surface area contributed by atoms with Crippen molar-refractivity contribution in [1.29, 1.82) is 0 Å². The molecule has 0 saturated carbocycles. The SMILES string of the molecule is COC(=O)CC#Cc1ccc2c(=O)[nH]cnc2c1. The lowest BCUT2D eigenvalue weighted by atomic mass is 10.1. The van der Waals surface area contributed by atoms with E-state index in [1.165, 1.54) is 13.4 Å². The summed E-state index contributed by atoms with van der Waals surface area (Å²) in [6, 6.07) is 5.07. The minimum atomic E-state index is -0.377. The number of benzene rings is 1. The minimum absolute atomic E-state index is 0.0390. The number of H-pyrrole nitrogens is 1. The zero-order chi connectivity index (χ0) is 13.0. The number of aromatic nitrogens is 2. The molecule has 1 aromatic heterocycles. The molecule has 5 nitrogen and oxygen atoms in total. The number of hydrogen-bond acceptors (Lipinski definition) is 4. The highest BCUT2D eigenvalue weighted by Crippen LogP contribution is 2.08. The molecule has 1 N–H and O–H groups in total. The highest BCUT2D eigenvalue weighted by Gasteiger charge is 1.99. The summed E-state index contributed by atoms with van der Waals surface area (Å²) in [6.45, 7) is 0. The average molecular weight is 242 g/mol. The van der Waals surface area contributed by atoms with Crippen molar-refractivity contribution >= 4 is 16.9 Å². The van der Waals surface area contributed by atoms with E-state index in [1.54, 1.807) is 18.2 Å². The van der Waals surface area contributed by atoms with Gasteiger partial charge in [-0.25, -0.2) is 4.98 Å². The second-order valence-corrected chi connectivity index (χ2v) is 3.52. The number of nitrogens with zero attached hydrogens (tertiary/aromatic N) is 1. The van der Waals surface area contributed by atoms with Crippen LogP contribution < -0.4 is 5.56 Å². The van der Waals surface area contributed by atoms with E-state index in [-0.39, 0.29) is 17.9 Å². The highest BCUT2D eigenvalue weighted by atomic mass is 16.5. The van der Waals surface area contributed by atoms with E-state index >= 15 is 0 Å². The molecule has 0 spiro atoms. The molecule has 0 unspecified atom stereocenters. The van der Waals surface area contributed by atoms with Gasteiger partial charge >= 0.3 is 5.97 Å². The molecule has 0 atom stereocenters. The summed E-state index contributed by atoms with van der Waals surface area (Å²) in [7, 11) is 1.32. The van der Waals surface area contributed by atoms with Crippen molar-refractivity contribution in [3.05, 3.63) is 40.4 Å². The average Bonchev–Trinajstić information content (AvgIpc) is 2.38. The van der Waals surface area contributed by atoms with Crippen LogP contribution in [0.4, 0.5) is 0 Å². The normalized spacial score (nSPS) is 9.61. The van der Waals surface area contributed by atoms with Crippen LogP contribution in [0.3, 0.4) is 0 Å². The van der Waals surface area contributed by atoms with E-state index in [1.807, 2.05) is 0 Å². The predicted molar refractivity (Wildman–Crippen MR) is 65.9 cm³/mol. The first-order valence-corrected chi connectivity index (χ1v) is 5.24. The maximum atomic E-state index is 11.4. The Kier molecular flexibility index (Phi) is 3.39. The third-order valence-electron chi connectivity index (χ3n) is 2.33. The van der Waals surface area contributed by atoms with Crippen molar-refractivity contribution in [2.75, 3.05) is 7.11 Å². The van der Waals surface area contributed by atoms with Crippen LogP contribution in [0.15, 0.2) is 29.3 Å². The van der Waals surface area contributed by atoms with E-state index in [0.717, 1.165) is 0 Å². The molecule has 0 bridgehead atoms.